The standard InChI is InChI=1S/C23H29N3O5S/c27-22(24-14-13-19-8-3-1-4-9-19)18-26(17-20-10-7-15-31-20)23(28)16-25-32(29,30)21-11-5-2-6-12-21/h1-6,8-9,11-12,20,25H,7,10,13-18H2,(H,24,27)/t20-/m1/s1. The van der Waals surface area contributed by atoms with E-state index in [1.54, 1.807) is 18.2 Å². The molecule has 0 aliphatic carbocycles. The van der Waals surface area contributed by atoms with Gasteiger partial charge in [-0.1, -0.05) is 48.5 Å². The Morgan fingerprint density at radius 3 is 2.38 bits per heavy atom. The summed E-state index contributed by atoms with van der Waals surface area (Å²) in [6.07, 6.45) is 2.23. The average Bonchev–Trinajstić information content (AvgIpc) is 3.31. The van der Waals surface area contributed by atoms with Crippen LogP contribution in [0.5, 0.6) is 0 Å². The van der Waals surface area contributed by atoms with Crippen molar-refractivity contribution >= 4 is 21.8 Å². The van der Waals surface area contributed by atoms with Gasteiger partial charge in [0.15, 0.2) is 0 Å². The molecule has 0 aromatic heterocycles. The molecule has 32 heavy (non-hydrogen) atoms. The van der Waals surface area contributed by atoms with E-state index in [9.17, 15) is 18.0 Å². The topological polar surface area (TPSA) is 105 Å². The molecule has 9 heteroatoms. The van der Waals surface area contributed by atoms with Gasteiger partial charge < -0.3 is 15.0 Å². The summed E-state index contributed by atoms with van der Waals surface area (Å²) in [6, 6.07) is 17.6. The fourth-order valence-corrected chi connectivity index (χ4v) is 4.46. The highest BCUT2D eigenvalue weighted by atomic mass is 32.2. The largest absolute Gasteiger partial charge is 0.376 e. The van der Waals surface area contributed by atoms with E-state index in [0.29, 0.717) is 19.6 Å². The highest BCUT2D eigenvalue weighted by Gasteiger charge is 2.25. The first kappa shape index (κ1) is 23.9. The predicted molar refractivity (Wildman–Crippen MR) is 120 cm³/mol. The van der Waals surface area contributed by atoms with Gasteiger partial charge in [-0.15, -0.1) is 0 Å². The van der Waals surface area contributed by atoms with Crippen molar-refractivity contribution in [1.29, 1.82) is 0 Å². The van der Waals surface area contributed by atoms with Crippen LogP contribution in [0.3, 0.4) is 0 Å². The number of carbonyl (C=O) groups excluding carboxylic acids is 2. The summed E-state index contributed by atoms with van der Waals surface area (Å²) in [6.45, 7) is 0.738. The molecule has 2 aromatic carbocycles. The number of sulfonamides is 1. The molecule has 0 bridgehead atoms. The average molecular weight is 460 g/mol. The third-order valence-electron chi connectivity index (χ3n) is 5.18. The summed E-state index contributed by atoms with van der Waals surface area (Å²) in [5.41, 5.74) is 1.11. The lowest BCUT2D eigenvalue weighted by atomic mass is 10.1. The molecule has 3 rings (SSSR count). The van der Waals surface area contributed by atoms with Gasteiger partial charge in [0, 0.05) is 19.7 Å². The zero-order valence-corrected chi connectivity index (χ0v) is 18.7. The molecule has 2 aromatic rings. The number of amides is 2. The minimum atomic E-state index is -3.82. The molecule has 0 radical (unpaired) electrons. The van der Waals surface area contributed by atoms with Crippen LogP contribution in [-0.2, 0) is 30.8 Å². The summed E-state index contributed by atoms with van der Waals surface area (Å²) in [5.74, 6) is -0.767. The fourth-order valence-electron chi connectivity index (χ4n) is 3.46. The van der Waals surface area contributed by atoms with Crippen molar-refractivity contribution in [3.05, 3.63) is 66.2 Å². The molecule has 1 atom stereocenters. The van der Waals surface area contributed by atoms with Crippen LogP contribution < -0.4 is 10.0 Å². The van der Waals surface area contributed by atoms with Crippen molar-refractivity contribution in [2.75, 3.05) is 32.8 Å². The Balaban J connectivity index is 1.55. The Bertz CT molecular complexity index is 977. The van der Waals surface area contributed by atoms with Gasteiger partial charge in [0.05, 0.1) is 24.1 Å². The Morgan fingerprint density at radius 1 is 1.03 bits per heavy atom. The van der Waals surface area contributed by atoms with Crippen LogP contribution in [0.15, 0.2) is 65.6 Å². The van der Waals surface area contributed by atoms with Crippen molar-refractivity contribution in [1.82, 2.24) is 14.9 Å². The van der Waals surface area contributed by atoms with Gasteiger partial charge in [0.1, 0.15) is 0 Å². The second kappa shape index (κ2) is 11.8. The van der Waals surface area contributed by atoms with E-state index in [1.165, 1.54) is 17.0 Å². The fraction of sp³-hybridized carbons (Fsp3) is 0.391. The molecule has 0 unspecified atom stereocenters. The smallest absolute Gasteiger partial charge is 0.241 e. The van der Waals surface area contributed by atoms with E-state index in [1.807, 2.05) is 30.3 Å². The first-order valence-corrected chi connectivity index (χ1v) is 12.2. The van der Waals surface area contributed by atoms with Crippen LogP contribution in [0.25, 0.3) is 0 Å². The first-order valence-electron chi connectivity index (χ1n) is 10.7. The minimum Gasteiger partial charge on any atom is -0.376 e. The lowest BCUT2D eigenvalue weighted by molar-refractivity contribution is -0.136. The second-order valence-corrected chi connectivity index (χ2v) is 9.40. The minimum absolute atomic E-state index is 0.0807. The molecule has 1 aliphatic heterocycles. The molecule has 1 saturated heterocycles. The SMILES string of the molecule is O=C(CN(C[C@H]1CCCO1)C(=O)CNS(=O)(=O)c1ccccc1)NCCc1ccccc1. The molecule has 0 spiro atoms. The zero-order chi connectivity index (χ0) is 22.8. The van der Waals surface area contributed by atoms with Crippen LogP contribution in [0, 0.1) is 0 Å². The number of hydrogen-bond donors (Lipinski definition) is 2. The number of carbonyl (C=O) groups is 2. The van der Waals surface area contributed by atoms with Crippen molar-refractivity contribution in [3.63, 3.8) is 0 Å². The third-order valence-corrected chi connectivity index (χ3v) is 6.60. The van der Waals surface area contributed by atoms with E-state index < -0.39 is 22.5 Å². The van der Waals surface area contributed by atoms with Gasteiger partial charge >= 0.3 is 0 Å². The number of ether oxygens (including phenoxy) is 1. The van der Waals surface area contributed by atoms with Gasteiger partial charge in [0.2, 0.25) is 21.8 Å². The molecule has 172 valence electrons. The Labute approximate surface area is 189 Å². The number of nitrogens with one attached hydrogen (secondary N) is 2. The molecule has 1 heterocycles. The quantitative estimate of drug-likeness (QED) is 0.528. The van der Waals surface area contributed by atoms with E-state index in [0.717, 1.165) is 18.4 Å². The van der Waals surface area contributed by atoms with Crippen molar-refractivity contribution < 1.29 is 22.7 Å². The summed E-state index contributed by atoms with van der Waals surface area (Å²) in [4.78, 5) is 26.7. The molecule has 2 N–H and O–H groups in total. The first-order chi connectivity index (χ1) is 15.4. The maximum absolute atomic E-state index is 12.8. The Kier molecular flexibility index (Phi) is 8.78. The van der Waals surface area contributed by atoms with Gasteiger partial charge in [-0.25, -0.2) is 13.1 Å². The van der Waals surface area contributed by atoms with Gasteiger partial charge in [0.25, 0.3) is 0 Å². The molecular formula is C23H29N3O5S. The van der Waals surface area contributed by atoms with Gasteiger partial charge in [-0.3, -0.25) is 9.59 Å². The maximum Gasteiger partial charge on any atom is 0.241 e. The van der Waals surface area contributed by atoms with E-state index >= 15 is 0 Å². The zero-order valence-electron chi connectivity index (χ0n) is 17.9. The summed E-state index contributed by atoms with van der Waals surface area (Å²) in [7, 11) is -3.82. The van der Waals surface area contributed by atoms with Crippen LogP contribution in [0.4, 0.5) is 0 Å². The highest BCUT2D eigenvalue weighted by Crippen LogP contribution is 2.14. The number of hydrogen-bond acceptors (Lipinski definition) is 5. The maximum atomic E-state index is 12.8. The monoisotopic (exact) mass is 459 g/mol. The summed E-state index contributed by atoms with van der Waals surface area (Å²) in [5, 5.41) is 2.83. The third kappa shape index (κ3) is 7.44. The number of benzene rings is 2. The van der Waals surface area contributed by atoms with Crippen LogP contribution >= 0.6 is 0 Å². The van der Waals surface area contributed by atoms with E-state index in [-0.39, 0.29) is 30.0 Å². The second-order valence-electron chi connectivity index (χ2n) is 7.63. The molecule has 1 aliphatic rings. The van der Waals surface area contributed by atoms with E-state index in [2.05, 4.69) is 10.0 Å². The van der Waals surface area contributed by atoms with Crippen molar-refractivity contribution in [2.24, 2.45) is 0 Å². The van der Waals surface area contributed by atoms with Crippen LogP contribution in [0.1, 0.15) is 18.4 Å². The summed E-state index contributed by atoms with van der Waals surface area (Å²) < 4.78 is 32.8. The van der Waals surface area contributed by atoms with Crippen LogP contribution in [-0.4, -0.2) is 64.0 Å². The Hall–Kier alpha value is -2.75. The lowest BCUT2D eigenvalue weighted by Gasteiger charge is -2.25. The molecule has 1 fully saturated rings. The number of nitrogens with zero attached hydrogens (tertiary/aromatic N) is 1. The summed E-state index contributed by atoms with van der Waals surface area (Å²) >= 11 is 0. The molecule has 8 nitrogen and oxygen atoms in total. The van der Waals surface area contributed by atoms with Gasteiger partial charge in [-0.05, 0) is 37.0 Å². The molecular weight excluding hydrogens is 430 g/mol. The van der Waals surface area contributed by atoms with Gasteiger partial charge in [-0.2, -0.15) is 0 Å². The highest BCUT2D eigenvalue weighted by molar-refractivity contribution is 7.89. The number of rotatable bonds is 11. The van der Waals surface area contributed by atoms with Crippen molar-refractivity contribution in [2.45, 2.75) is 30.3 Å². The van der Waals surface area contributed by atoms with Crippen molar-refractivity contribution in [3.8, 4) is 0 Å². The Morgan fingerprint density at radius 2 is 1.72 bits per heavy atom. The lowest BCUT2D eigenvalue weighted by Crippen LogP contribution is -2.48. The van der Waals surface area contributed by atoms with E-state index in [4.69, 9.17) is 4.74 Å². The molecule has 0 saturated carbocycles. The van der Waals surface area contributed by atoms with Crippen LogP contribution in [0.2, 0.25) is 0 Å². The molecule has 2 amide bonds. The normalized spacial score (nSPS) is 15.9. The predicted octanol–water partition coefficient (Wildman–Crippen LogP) is 1.33.